The summed E-state index contributed by atoms with van der Waals surface area (Å²) in [6, 6.07) is 8.46. The number of nitrogens with one attached hydrogen (secondary N) is 2. The van der Waals surface area contributed by atoms with E-state index in [1.54, 1.807) is 0 Å². The first kappa shape index (κ1) is 9.28. The van der Waals surface area contributed by atoms with E-state index in [4.69, 9.17) is 0 Å². The Hall–Kier alpha value is -1.28. The summed E-state index contributed by atoms with van der Waals surface area (Å²) in [5.74, 6) is 0. The Labute approximate surface area is 84.3 Å². The molecule has 0 saturated carbocycles. The average molecular weight is 188 g/mol. The van der Waals surface area contributed by atoms with Crippen molar-refractivity contribution in [1.29, 1.82) is 0 Å². The molecule has 0 amide bonds. The third-order valence-corrected chi connectivity index (χ3v) is 2.69. The number of rotatable bonds is 3. The summed E-state index contributed by atoms with van der Waals surface area (Å²) in [7, 11) is 1.98. The Balaban J connectivity index is 2.41. The van der Waals surface area contributed by atoms with Gasteiger partial charge in [-0.3, -0.25) is 0 Å². The van der Waals surface area contributed by atoms with E-state index in [9.17, 15) is 0 Å². The van der Waals surface area contributed by atoms with Gasteiger partial charge in [-0.2, -0.15) is 0 Å². The van der Waals surface area contributed by atoms with Gasteiger partial charge in [-0.05, 0) is 25.6 Å². The molecular formula is C12H16N2. The lowest BCUT2D eigenvalue weighted by atomic mass is 10.1. The second-order valence-electron chi connectivity index (χ2n) is 3.63. The van der Waals surface area contributed by atoms with Gasteiger partial charge < -0.3 is 10.3 Å². The molecule has 1 aromatic heterocycles. The molecule has 0 spiro atoms. The molecule has 0 bridgehead atoms. The van der Waals surface area contributed by atoms with Crippen LogP contribution in [0.3, 0.4) is 0 Å². The molecular weight excluding hydrogens is 172 g/mol. The van der Waals surface area contributed by atoms with Gasteiger partial charge >= 0.3 is 0 Å². The van der Waals surface area contributed by atoms with Gasteiger partial charge in [0.15, 0.2) is 0 Å². The SMILES string of the molecule is CNCCc1[nH]c2ccccc2c1C. The standard InChI is InChI=1S/C12H16N2/c1-9-10-5-3-4-6-12(10)14-11(9)7-8-13-2/h3-6,13-14H,7-8H2,1-2H3. The number of aryl methyl sites for hydroxylation is 1. The first-order chi connectivity index (χ1) is 6.83. The normalized spacial score (nSPS) is 11.0. The molecule has 2 aromatic rings. The first-order valence-corrected chi connectivity index (χ1v) is 5.03. The van der Waals surface area contributed by atoms with Gasteiger partial charge in [-0.1, -0.05) is 18.2 Å². The van der Waals surface area contributed by atoms with E-state index in [-0.39, 0.29) is 0 Å². The fraction of sp³-hybridized carbons (Fsp3) is 0.333. The number of likely N-dealkylation sites (N-methyl/N-ethyl adjacent to an activating group) is 1. The van der Waals surface area contributed by atoms with Crippen molar-refractivity contribution < 1.29 is 0 Å². The fourth-order valence-electron chi connectivity index (χ4n) is 1.84. The third-order valence-electron chi connectivity index (χ3n) is 2.69. The van der Waals surface area contributed by atoms with Crippen LogP contribution in [0, 0.1) is 6.92 Å². The van der Waals surface area contributed by atoms with Crippen LogP contribution in [0.4, 0.5) is 0 Å². The Morgan fingerprint density at radius 1 is 1.29 bits per heavy atom. The van der Waals surface area contributed by atoms with Crippen LogP contribution in [0.15, 0.2) is 24.3 Å². The van der Waals surface area contributed by atoms with Crippen molar-refractivity contribution in [1.82, 2.24) is 10.3 Å². The number of benzene rings is 1. The van der Waals surface area contributed by atoms with E-state index in [1.807, 2.05) is 7.05 Å². The quantitative estimate of drug-likeness (QED) is 0.759. The van der Waals surface area contributed by atoms with Crippen LogP contribution in [0.2, 0.25) is 0 Å². The Kier molecular flexibility index (Phi) is 2.55. The highest BCUT2D eigenvalue weighted by atomic mass is 14.8. The molecule has 14 heavy (non-hydrogen) atoms. The van der Waals surface area contributed by atoms with Crippen LogP contribution in [0.5, 0.6) is 0 Å². The molecule has 0 aliphatic carbocycles. The lowest BCUT2D eigenvalue weighted by Gasteiger charge is -1.98. The molecule has 0 unspecified atom stereocenters. The largest absolute Gasteiger partial charge is 0.358 e. The Bertz CT molecular complexity index is 429. The van der Waals surface area contributed by atoms with Gasteiger partial charge in [-0.15, -0.1) is 0 Å². The summed E-state index contributed by atoms with van der Waals surface area (Å²) >= 11 is 0. The minimum Gasteiger partial charge on any atom is -0.358 e. The Morgan fingerprint density at radius 3 is 2.79 bits per heavy atom. The number of fused-ring (bicyclic) bond motifs is 1. The van der Waals surface area contributed by atoms with Crippen molar-refractivity contribution in [2.75, 3.05) is 13.6 Å². The predicted octanol–water partition coefficient (Wildman–Crippen LogP) is 2.24. The van der Waals surface area contributed by atoms with Gasteiger partial charge in [0.2, 0.25) is 0 Å². The minimum atomic E-state index is 1.02. The van der Waals surface area contributed by atoms with Crippen molar-refractivity contribution in [3.05, 3.63) is 35.5 Å². The third kappa shape index (κ3) is 1.53. The Morgan fingerprint density at radius 2 is 2.07 bits per heavy atom. The van der Waals surface area contributed by atoms with Gasteiger partial charge in [-0.25, -0.2) is 0 Å². The van der Waals surface area contributed by atoms with E-state index in [2.05, 4.69) is 41.5 Å². The molecule has 2 nitrogen and oxygen atoms in total. The average Bonchev–Trinajstić information content (AvgIpc) is 2.54. The van der Waals surface area contributed by atoms with Crippen LogP contribution in [-0.4, -0.2) is 18.6 Å². The summed E-state index contributed by atoms with van der Waals surface area (Å²) in [5.41, 5.74) is 3.98. The number of H-pyrrole nitrogens is 1. The summed E-state index contributed by atoms with van der Waals surface area (Å²) in [5, 5.41) is 4.51. The van der Waals surface area contributed by atoms with Gasteiger partial charge in [0.05, 0.1) is 0 Å². The zero-order valence-electron chi connectivity index (χ0n) is 8.72. The molecule has 0 saturated heterocycles. The number of hydrogen-bond acceptors (Lipinski definition) is 1. The topological polar surface area (TPSA) is 27.8 Å². The maximum atomic E-state index is 3.46. The van der Waals surface area contributed by atoms with Gasteiger partial charge in [0.25, 0.3) is 0 Å². The van der Waals surface area contributed by atoms with E-state index in [1.165, 1.54) is 22.2 Å². The monoisotopic (exact) mass is 188 g/mol. The summed E-state index contributed by atoms with van der Waals surface area (Å²) in [4.78, 5) is 3.46. The second kappa shape index (κ2) is 3.84. The maximum absolute atomic E-state index is 3.46. The van der Waals surface area contributed by atoms with Crippen LogP contribution in [0.25, 0.3) is 10.9 Å². The molecule has 74 valence electrons. The van der Waals surface area contributed by atoms with Crippen molar-refractivity contribution in [2.45, 2.75) is 13.3 Å². The summed E-state index contributed by atoms with van der Waals surface area (Å²) in [6.07, 6.45) is 1.07. The zero-order valence-corrected chi connectivity index (χ0v) is 8.72. The highest BCUT2D eigenvalue weighted by Crippen LogP contribution is 2.21. The smallest absolute Gasteiger partial charge is 0.0458 e. The second-order valence-corrected chi connectivity index (χ2v) is 3.63. The summed E-state index contributed by atoms with van der Waals surface area (Å²) < 4.78 is 0. The van der Waals surface area contributed by atoms with Gasteiger partial charge in [0, 0.05) is 29.6 Å². The summed E-state index contributed by atoms with van der Waals surface area (Å²) in [6.45, 7) is 3.21. The van der Waals surface area contributed by atoms with E-state index >= 15 is 0 Å². The molecule has 0 fully saturated rings. The number of hydrogen-bond donors (Lipinski definition) is 2. The van der Waals surface area contributed by atoms with Crippen molar-refractivity contribution in [3.8, 4) is 0 Å². The van der Waals surface area contributed by atoms with Crippen molar-refractivity contribution in [2.24, 2.45) is 0 Å². The van der Waals surface area contributed by atoms with Crippen LogP contribution in [0.1, 0.15) is 11.3 Å². The molecule has 2 heteroatoms. The van der Waals surface area contributed by atoms with Crippen molar-refractivity contribution >= 4 is 10.9 Å². The van der Waals surface area contributed by atoms with E-state index in [0.29, 0.717) is 0 Å². The molecule has 2 N–H and O–H groups in total. The predicted molar refractivity (Wildman–Crippen MR) is 60.7 cm³/mol. The molecule has 0 aliphatic rings. The van der Waals surface area contributed by atoms with Crippen molar-refractivity contribution in [3.63, 3.8) is 0 Å². The molecule has 0 radical (unpaired) electrons. The molecule has 1 heterocycles. The highest BCUT2D eigenvalue weighted by molar-refractivity contribution is 5.84. The minimum absolute atomic E-state index is 1.02. The van der Waals surface area contributed by atoms with Crippen LogP contribution >= 0.6 is 0 Å². The van der Waals surface area contributed by atoms with E-state index < -0.39 is 0 Å². The molecule has 0 atom stereocenters. The molecule has 1 aromatic carbocycles. The fourth-order valence-corrected chi connectivity index (χ4v) is 1.84. The molecule has 0 aliphatic heterocycles. The highest BCUT2D eigenvalue weighted by Gasteiger charge is 2.05. The maximum Gasteiger partial charge on any atom is 0.0458 e. The number of aromatic amines is 1. The zero-order chi connectivity index (χ0) is 9.97. The number of para-hydroxylation sites is 1. The van der Waals surface area contributed by atoms with E-state index in [0.717, 1.165) is 13.0 Å². The lowest BCUT2D eigenvalue weighted by molar-refractivity contribution is 0.778. The number of aromatic nitrogens is 1. The van der Waals surface area contributed by atoms with Crippen LogP contribution in [-0.2, 0) is 6.42 Å². The first-order valence-electron chi connectivity index (χ1n) is 5.03. The molecule has 2 rings (SSSR count). The van der Waals surface area contributed by atoms with Crippen LogP contribution < -0.4 is 5.32 Å². The lowest BCUT2D eigenvalue weighted by Crippen LogP contribution is -2.10. The van der Waals surface area contributed by atoms with Gasteiger partial charge in [0.1, 0.15) is 0 Å².